The first kappa shape index (κ1) is 13.8. The third kappa shape index (κ3) is 3.94. The molecule has 0 unspecified atom stereocenters. The second-order valence-electron chi connectivity index (χ2n) is 4.05. The molecule has 19 heavy (non-hydrogen) atoms. The highest BCUT2D eigenvalue weighted by Gasteiger charge is 2.16. The van der Waals surface area contributed by atoms with Crippen molar-refractivity contribution in [1.29, 1.82) is 0 Å². The zero-order valence-electron chi connectivity index (χ0n) is 10.2. The molecule has 2 aromatic rings. The van der Waals surface area contributed by atoms with Gasteiger partial charge in [-0.15, -0.1) is 0 Å². The first-order valence-corrected chi connectivity index (χ1v) is 7.50. The van der Waals surface area contributed by atoms with Crippen molar-refractivity contribution in [3.05, 3.63) is 58.7 Å². The summed E-state index contributed by atoms with van der Waals surface area (Å²) >= 11 is 5.75. The fourth-order valence-electron chi connectivity index (χ4n) is 1.54. The lowest BCUT2D eigenvalue weighted by molar-refractivity contribution is 0.473. The van der Waals surface area contributed by atoms with Gasteiger partial charge in [0.1, 0.15) is 5.75 Å². The van der Waals surface area contributed by atoms with Crippen LogP contribution in [0.15, 0.2) is 42.6 Å². The lowest BCUT2D eigenvalue weighted by Gasteiger charge is -2.08. The van der Waals surface area contributed by atoms with Gasteiger partial charge in [-0.2, -0.15) is 8.42 Å². The molecule has 0 N–H and O–H groups in total. The number of hydrogen-bond acceptors (Lipinski definition) is 4. The monoisotopic (exact) mass is 297 g/mol. The van der Waals surface area contributed by atoms with Crippen molar-refractivity contribution in [2.45, 2.75) is 12.7 Å². The topological polar surface area (TPSA) is 56.3 Å². The number of hydrogen-bond donors (Lipinski definition) is 0. The van der Waals surface area contributed by atoms with Gasteiger partial charge in [0.05, 0.1) is 5.02 Å². The van der Waals surface area contributed by atoms with E-state index in [1.807, 2.05) is 6.07 Å². The van der Waals surface area contributed by atoms with Gasteiger partial charge in [-0.3, -0.25) is 0 Å². The molecule has 0 aliphatic heterocycles. The van der Waals surface area contributed by atoms with Gasteiger partial charge in [0, 0.05) is 11.8 Å². The van der Waals surface area contributed by atoms with Crippen LogP contribution in [-0.2, 0) is 15.9 Å². The van der Waals surface area contributed by atoms with E-state index in [2.05, 4.69) is 4.98 Å². The smallest absolute Gasteiger partial charge is 0.314 e. The Bertz CT molecular complexity index is 672. The second kappa shape index (κ2) is 5.59. The molecule has 0 radical (unpaired) electrons. The van der Waals surface area contributed by atoms with E-state index in [0.29, 0.717) is 16.1 Å². The fourth-order valence-corrected chi connectivity index (χ4v) is 2.83. The van der Waals surface area contributed by atoms with Crippen LogP contribution in [0.4, 0.5) is 0 Å². The standard InChI is InChI=1S/C13H12ClNO3S/c1-10-7-12(14)8-15-13(10)18-19(16,17)9-11-5-3-2-4-6-11/h2-8H,9H2,1H3. The Kier molecular flexibility index (Phi) is 4.07. The second-order valence-corrected chi connectivity index (χ2v) is 6.05. The van der Waals surface area contributed by atoms with E-state index in [1.54, 1.807) is 37.3 Å². The summed E-state index contributed by atoms with van der Waals surface area (Å²) in [6.07, 6.45) is 1.35. The van der Waals surface area contributed by atoms with Crippen molar-refractivity contribution in [3.63, 3.8) is 0 Å². The summed E-state index contributed by atoms with van der Waals surface area (Å²) in [5.74, 6) is -0.141. The van der Waals surface area contributed by atoms with Crippen molar-refractivity contribution in [3.8, 4) is 5.88 Å². The molecule has 1 aromatic heterocycles. The molecular formula is C13H12ClNO3S. The van der Waals surface area contributed by atoms with Gasteiger partial charge in [0.2, 0.25) is 5.88 Å². The van der Waals surface area contributed by atoms with E-state index < -0.39 is 10.1 Å². The number of rotatable bonds is 4. The summed E-state index contributed by atoms with van der Waals surface area (Å²) in [4.78, 5) is 3.87. The average Bonchev–Trinajstić information content (AvgIpc) is 2.33. The minimum atomic E-state index is -3.73. The zero-order valence-corrected chi connectivity index (χ0v) is 11.8. The van der Waals surface area contributed by atoms with Gasteiger partial charge in [-0.25, -0.2) is 4.98 Å². The quantitative estimate of drug-likeness (QED) is 0.814. The number of nitrogens with zero attached hydrogens (tertiary/aromatic N) is 1. The van der Waals surface area contributed by atoms with Crippen LogP contribution in [0.1, 0.15) is 11.1 Å². The zero-order chi connectivity index (χ0) is 13.9. The molecule has 4 nitrogen and oxygen atoms in total. The summed E-state index contributed by atoms with van der Waals surface area (Å²) in [7, 11) is -3.73. The molecule has 1 heterocycles. The maximum Gasteiger partial charge on any atom is 0.314 e. The summed E-state index contributed by atoms with van der Waals surface area (Å²) in [6, 6.07) is 10.4. The Morgan fingerprint density at radius 3 is 2.58 bits per heavy atom. The summed E-state index contributed by atoms with van der Waals surface area (Å²) in [6.45, 7) is 1.69. The van der Waals surface area contributed by atoms with E-state index in [-0.39, 0.29) is 11.6 Å². The molecule has 6 heteroatoms. The highest BCUT2D eigenvalue weighted by Crippen LogP contribution is 2.20. The van der Waals surface area contributed by atoms with Crippen LogP contribution in [-0.4, -0.2) is 13.4 Å². The average molecular weight is 298 g/mol. The minimum Gasteiger partial charge on any atom is -0.361 e. The van der Waals surface area contributed by atoms with Crippen LogP contribution in [0.3, 0.4) is 0 Å². The van der Waals surface area contributed by atoms with Gasteiger partial charge in [0.15, 0.2) is 0 Å². The highest BCUT2D eigenvalue weighted by atomic mass is 35.5. The number of aryl methyl sites for hydroxylation is 1. The van der Waals surface area contributed by atoms with Crippen molar-refractivity contribution in [1.82, 2.24) is 4.98 Å². The van der Waals surface area contributed by atoms with Crippen LogP contribution in [0.5, 0.6) is 5.88 Å². The lowest BCUT2D eigenvalue weighted by Crippen LogP contribution is -2.13. The van der Waals surface area contributed by atoms with Crippen LogP contribution in [0, 0.1) is 6.92 Å². The molecule has 2 rings (SSSR count). The van der Waals surface area contributed by atoms with Crippen molar-refractivity contribution < 1.29 is 12.6 Å². The van der Waals surface area contributed by atoms with E-state index in [0.717, 1.165) is 0 Å². The fraction of sp³-hybridized carbons (Fsp3) is 0.154. The normalized spacial score (nSPS) is 11.3. The SMILES string of the molecule is Cc1cc(Cl)cnc1OS(=O)(=O)Cc1ccccc1. The van der Waals surface area contributed by atoms with Crippen LogP contribution < -0.4 is 4.18 Å². The van der Waals surface area contributed by atoms with E-state index in [1.165, 1.54) is 6.20 Å². The Morgan fingerprint density at radius 1 is 1.26 bits per heavy atom. The Hall–Kier alpha value is -1.59. The van der Waals surface area contributed by atoms with Crippen molar-refractivity contribution in [2.75, 3.05) is 0 Å². The number of halogens is 1. The van der Waals surface area contributed by atoms with Gasteiger partial charge in [0.25, 0.3) is 0 Å². The molecule has 0 atom stereocenters. The molecule has 0 aliphatic carbocycles. The van der Waals surface area contributed by atoms with E-state index >= 15 is 0 Å². The molecule has 0 bridgehead atoms. The molecule has 100 valence electrons. The molecule has 0 spiro atoms. The Balaban J connectivity index is 2.17. The van der Waals surface area contributed by atoms with Crippen molar-refractivity contribution in [2.24, 2.45) is 0 Å². The van der Waals surface area contributed by atoms with Crippen molar-refractivity contribution >= 4 is 21.7 Å². The number of pyridine rings is 1. The summed E-state index contributed by atoms with van der Waals surface area (Å²) in [5.41, 5.74) is 1.23. The van der Waals surface area contributed by atoms with Crippen LogP contribution in [0.25, 0.3) is 0 Å². The third-order valence-corrected chi connectivity index (χ3v) is 3.69. The van der Waals surface area contributed by atoms with Gasteiger partial charge in [-0.05, 0) is 18.6 Å². The predicted octanol–water partition coefficient (Wildman–Crippen LogP) is 2.95. The predicted molar refractivity (Wildman–Crippen MR) is 73.7 cm³/mol. The first-order chi connectivity index (χ1) is 8.96. The number of benzene rings is 1. The maximum absolute atomic E-state index is 11.9. The van der Waals surface area contributed by atoms with E-state index in [4.69, 9.17) is 15.8 Å². The van der Waals surface area contributed by atoms with Gasteiger partial charge < -0.3 is 4.18 Å². The largest absolute Gasteiger partial charge is 0.361 e. The molecular weight excluding hydrogens is 286 g/mol. The molecule has 0 fully saturated rings. The van der Waals surface area contributed by atoms with Gasteiger partial charge >= 0.3 is 10.1 Å². The Labute approximate surface area is 117 Å². The van der Waals surface area contributed by atoms with E-state index in [9.17, 15) is 8.42 Å². The summed E-state index contributed by atoms with van der Waals surface area (Å²) in [5, 5.41) is 0.435. The minimum absolute atomic E-state index is 0.0559. The number of aromatic nitrogens is 1. The lowest BCUT2D eigenvalue weighted by atomic mass is 10.2. The van der Waals surface area contributed by atoms with Crippen LogP contribution in [0.2, 0.25) is 5.02 Å². The summed E-state index contributed by atoms with van der Waals surface area (Å²) < 4.78 is 28.8. The molecule has 0 saturated carbocycles. The molecule has 1 aromatic carbocycles. The third-order valence-electron chi connectivity index (χ3n) is 2.39. The molecule has 0 amide bonds. The highest BCUT2D eigenvalue weighted by molar-refractivity contribution is 7.86. The Morgan fingerprint density at radius 2 is 1.95 bits per heavy atom. The van der Waals surface area contributed by atoms with Crippen LogP contribution >= 0.6 is 11.6 Å². The molecule has 0 aliphatic rings. The maximum atomic E-state index is 11.9. The van der Waals surface area contributed by atoms with Gasteiger partial charge in [-0.1, -0.05) is 41.9 Å². The molecule has 0 saturated heterocycles. The first-order valence-electron chi connectivity index (χ1n) is 5.54.